The highest BCUT2D eigenvalue weighted by atomic mass is 16.5. The Labute approximate surface area is 182 Å². The number of rotatable bonds is 7. The molecule has 1 heterocycles. The summed E-state index contributed by atoms with van der Waals surface area (Å²) in [7, 11) is 1.62. The van der Waals surface area contributed by atoms with E-state index in [1.807, 2.05) is 84.9 Å². The van der Waals surface area contributed by atoms with Crippen LogP contribution in [0.1, 0.15) is 23.5 Å². The number of benzene rings is 3. The quantitative estimate of drug-likeness (QED) is 0.636. The topological polar surface area (TPSA) is 58.6 Å². The zero-order chi connectivity index (χ0) is 21.6. The van der Waals surface area contributed by atoms with Crippen LogP contribution in [0.3, 0.4) is 0 Å². The second-order valence-corrected chi connectivity index (χ2v) is 7.77. The molecule has 0 saturated carbocycles. The smallest absolute Gasteiger partial charge is 0.232 e. The summed E-state index contributed by atoms with van der Waals surface area (Å²) < 4.78 is 5.19. The highest BCUT2D eigenvalue weighted by Crippen LogP contribution is 2.28. The minimum Gasteiger partial charge on any atom is -0.497 e. The molecular weight excluding hydrogens is 388 g/mol. The first kappa shape index (κ1) is 20.7. The number of carbonyl (C=O) groups is 2. The zero-order valence-corrected chi connectivity index (χ0v) is 17.5. The monoisotopic (exact) mass is 414 g/mol. The van der Waals surface area contributed by atoms with E-state index >= 15 is 0 Å². The molecule has 0 aromatic heterocycles. The number of anilines is 1. The van der Waals surface area contributed by atoms with Crippen molar-refractivity contribution in [2.24, 2.45) is 5.92 Å². The van der Waals surface area contributed by atoms with Crippen LogP contribution in [-0.4, -0.2) is 32.0 Å². The Hall–Kier alpha value is -3.60. The molecule has 5 heteroatoms. The molecule has 1 unspecified atom stereocenters. The normalized spacial score (nSPS) is 15.9. The van der Waals surface area contributed by atoms with Crippen LogP contribution in [0.2, 0.25) is 0 Å². The number of methoxy groups -OCH3 is 1. The van der Waals surface area contributed by atoms with Gasteiger partial charge in [-0.05, 0) is 35.4 Å². The predicted octanol–water partition coefficient (Wildman–Crippen LogP) is 4.00. The van der Waals surface area contributed by atoms with Gasteiger partial charge >= 0.3 is 0 Å². The average molecular weight is 415 g/mol. The van der Waals surface area contributed by atoms with Crippen molar-refractivity contribution in [3.8, 4) is 5.75 Å². The van der Waals surface area contributed by atoms with Crippen molar-refractivity contribution in [2.75, 3.05) is 25.1 Å². The number of hydrogen-bond donors (Lipinski definition) is 1. The molecule has 1 atom stereocenters. The molecule has 0 aliphatic carbocycles. The first-order valence-electron chi connectivity index (χ1n) is 10.5. The summed E-state index contributed by atoms with van der Waals surface area (Å²) in [6.07, 6.45) is 0.424. The minimum atomic E-state index is -0.378. The summed E-state index contributed by atoms with van der Waals surface area (Å²) in [6.45, 7) is 1.06. The van der Waals surface area contributed by atoms with Crippen molar-refractivity contribution >= 4 is 17.5 Å². The van der Waals surface area contributed by atoms with Crippen molar-refractivity contribution in [1.29, 1.82) is 0 Å². The van der Waals surface area contributed by atoms with E-state index in [-0.39, 0.29) is 23.7 Å². The van der Waals surface area contributed by atoms with Crippen molar-refractivity contribution in [1.82, 2.24) is 5.32 Å². The molecule has 3 aromatic carbocycles. The van der Waals surface area contributed by atoms with Crippen LogP contribution in [0.15, 0.2) is 84.9 Å². The lowest BCUT2D eigenvalue weighted by molar-refractivity contribution is -0.122. The van der Waals surface area contributed by atoms with E-state index in [1.54, 1.807) is 12.0 Å². The van der Waals surface area contributed by atoms with Gasteiger partial charge in [0.05, 0.1) is 13.0 Å². The maximum absolute atomic E-state index is 13.2. The Balaban J connectivity index is 1.43. The van der Waals surface area contributed by atoms with Gasteiger partial charge in [-0.25, -0.2) is 0 Å². The fraction of sp³-hybridized carbons (Fsp3) is 0.231. The van der Waals surface area contributed by atoms with Crippen molar-refractivity contribution in [2.45, 2.75) is 12.3 Å². The molecule has 2 amide bonds. The standard InChI is InChI=1S/C26H26N2O3/c1-31-23-14-12-22(13-15-23)28-18-19(16-24(28)29)17-27-26(30)25(20-8-4-2-5-9-20)21-10-6-3-7-11-21/h2-15,19,25H,16-18H2,1H3,(H,27,30). The van der Waals surface area contributed by atoms with Gasteiger partial charge in [0, 0.05) is 31.1 Å². The summed E-state index contributed by atoms with van der Waals surface area (Å²) in [6, 6.07) is 27.0. The Kier molecular flexibility index (Phi) is 6.32. The molecule has 158 valence electrons. The summed E-state index contributed by atoms with van der Waals surface area (Å²) in [5.41, 5.74) is 2.76. The van der Waals surface area contributed by atoms with Gasteiger partial charge in [0.25, 0.3) is 0 Å². The number of amides is 2. The van der Waals surface area contributed by atoms with Gasteiger partial charge in [-0.3, -0.25) is 9.59 Å². The molecule has 0 radical (unpaired) electrons. The third kappa shape index (κ3) is 4.77. The molecule has 31 heavy (non-hydrogen) atoms. The fourth-order valence-electron chi connectivity index (χ4n) is 4.06. The van der Waals surface area contributed by atoms with Crippen LogP contribution in [-0.2, 0) is 9.59 Å². The first-order valence-corrected chi connectivity index (χ1v) is 10.5. The molecule has 1 aliphatic rings. The van der Waals surface area contributed by atoms with E-state index in [2.05, 4.69) is 5.32 Å². The predicted molar refractivity (Wildman–Crippen MR) is 121 cm³/mol. The van der Waals surface area contributed by atoms with Crippen molar-refractivity contribution in [3.63, 3.8) is 0 Å². The summed E-state index contributed by atoms with van der Waals surface area (Å²) in [4.78, 5) is 27.5. The van der Waals surface area contributed by atoms with Crippen LogP contribution in [0.5, 0.6) is 5.75 Å². The lowest BCUT2D eigenvalue weighted by atomic mass is 9.90. The summed E-state index contributed by atoms with van der Waals surface area (Å²) in [5.74, 6) is 0.481. The Morgan fingerprint density at radius 1 is 0.968 bits per heavy atom. The molecule has 4 rings (SSSR count). The second-order valence-electron chi connectivity index (χ2n) is 7.77. The van der Waals surface area contributed by atoms with E-state index in [9.17, 15) is 9.59 Å². The highest BCUT2D eigenvalue weighted by molar-refractivity contribution is 5.96. The van der Waals surface area contributed by atoms with E-state index in [0.717, 1.165) is 22.6 Å². The number of hydrogen-bond acceptors (Lipinski definition) is 3. The van der Waals surface area contributed by atoms with Gasteiger partial charge in [0.1, 0.15) is 5.75 Å². The summed E-state index contributed by atoms with van der Waals surface area (Å²) in [5, 5.41) is 3.09. The van der Waals surface area contributed by atoms with Gasteiger partial charge in [-0.2, -0.15) is 0 Å². The van der Waals surface area contributed by atoms with Crippen LogP contribution in [0.25, 0.3) is 0 Å². The van der Waals surface area contributed by atoms with E-state index in [0.29, 0.717) is 19.5 Å². The molecule has 1 saturated heterocycles. The van der Waals surface area contributed by atoms with Gasteiger partial charge in [-0.15, -0.1) is 0 Å². The van der Waals surface area contributed by atoms with Gasteiger partial charge in [-0.1, -0.05) is 60.7 Å². The second kappa shape index (κ2) is 9.47. The van der Waals surface area contributed by atoms with Crippen molar-refractivity contribution in [3.05, 3.63) is 96.1 Å². The third-order valence-corrected chi connectivity index (χ3v) is 5.68. The molecule has 1 aliphatic heterocycles. The number of carbonyl (C=O) groups excluding carboxylic acids is 2. The molecule has 3 aromatic rings. The van der Waals surface area contributed by atoms with E-state index < -0.39 is 0 Å². The maximum Gasteiger partial charge on any atom is 0.232 e. The van der Waals surface area contributed by atoms with Crippen LogP contribution in [0.4, 0.5) is 5.69 Å². The van der Waals surface area contributed by atoms with Gasteiger partial charge in [0.2, 0.25) is 11.8 Å². The van der Waals surface area contributed by atoms with Crippen LogP contribution < -0.4 is 15.0 Å². The molecule has 1 fully saturated rings. The Bertz CT molecular complexity index is 980. The van der Waals surface area contributed by atoms with Gasteiger partial charge < -0.3 is 15.0 Å². The number of nitrogens with one attached hydrogen (secondary N) is 1. The highest BCUT2D eigenvalue weighted by Gasteiger charge is 2.31. The summed E-state index contributed by atoms with van der Waals surface area (Å²) >= 11 is 0. The molecule has 0 spiro atoms. The fourth-order valence-corrected chi connectivity index (χ4v) is 4.06. The Morgan fingerprint density at radius 2 is 1.55 bits per heavy atom. The Morgan fingerprint density at radius 3 is 2.10 bits per heavy atom. The van der Waals surface area contributed by atoms with Crippen molar-refractivity contribution < 1.29 is 14.3 Å². The largest absolute Gasteiger partial charge is 0.497 e. The minimum absolute atomic E-state index is 0.0484. The molecule has 5 nitrogen and oxygen atoms in total. The van der Waals surface area contributed by atoms with Gasteiger partial charge in [0.15, 0.2) is 0 Å². The van der Waals surface area contributed by atoms with Crippen LogP contribution >= 0.6 is 0 Å². The number of ether oxygens (including phenoxy) is 1. The maximum atomic E-state index is 13.2. The molecule has 0 bridgehead atoms. The first-order chi connectivity index (χ1) is 15.2. The number of nitrogens with zero attached hydrogens (tertiary/aromatic N) is 1. The van der Waals surface area contributed by atoms with Crippen LogP contribution in [0, 0.1) is 5.92 Å². The SMILES string of the molecule is COc1ccc(N2CC(CNC(=O)C(c3ccccc3)c3ccccc3)CC2=O)cc1. The third-order valence-electron chi connectivity index (χ3n) is 5.68. The van der Waals surface area contributed by atoms with E-state index in [4.69, 9.17) is 4.74 Å². The molecular formula is C26H26N2O3. The van der Waals surface area contributed by atoms with E-state index in [1.165, 1.54) is 0 Å². The zero-order valence-electron chi connectivity index (χ0n) is 17.5. The average Bonchev–Trinajstić information content (AvgIpc) is 3.20. The lowest BCUT2D eigenvalue weighted by Crippen LogP contribution is -2.35. The molecule has 1 N–H and O–H groups in total. The lowest BCUT2D eigenvalue weighted by Gasteiger charge is -2.20.